The Bertz CT molecular complexity index is 553. The summed E-state index contributed by atoms with van der Waals surface area (Å²) in [7, 11) is 0. The Kier molecular flexibility index (Phi) is 4.25. The van der Waals surface area contributed by atoms with E-state index in [1.54, 1.807) is 11.8 Å². The zero-order valence-electron chi connectivity index (χ0n) is 11.1. The minimum absolute atomic E-state index is 0.293. The number of aliphatic hydroxyl groups is 1. The maximum absolute atomic E-state index is 9.73. The van der Waals surface area contributed by atoms with Crippen LogP contribution in [0.25, 0.3) is 10.9 Å². The molecule has 0 amide bonds. The van der Waals surface area contributed by atoms with Gasteiger partial charge in [0.25, 0.3) is 0 Å². The molecule has 3 heteroatoms. The highest BCUT2D eigenvalue weighted by molar-refractivity contribution is 7.98. The average molecular weight is 261 g/mol. The monoisotopic (exact) mass is 261 g/mol. The van der Waals surface area contributed by atoms with Gasteiger partial charge in [-0.2, -0.15) is 0 Å². The van der Waals surface area contributed by atoms with E-state index in [0.29, 0.717) is 6.42 Å². The van der Waals surface area contributed by atoms with Gasteiger partial charge in [0.05, 0.1) is 11.6 Å². The highest BCUT2D eigenvalue weighted by Crippen LogP contribution is 2.24. The Balaban J connectivity index is 2.45. The van der Waals surface area contributed by atoms with E-state index in [0.717, 1.165) is 17.6 Å². The molecule has 1 aromatic heterocycles. The van der Waals surface area contributed by atoms with Gasteiger partial charge in [-0.1, -0.05) is 13.0 Å². The van der Waals surface area contributed by atoms with Gasteiger partial charge < -0.3 is 5.11 Å². The molecule has 0 saturated carbocycles. The van der Waals surface area contributed by atoms with Crippen molar-refractivity contribution in [3.63, 3.8) is 0 Å². The van der Waals surface area contributed by atoms with Gasteiger partial charge >= 0.3 is 0 Å². The molecule has 1 heterocycles. The van der Waals surface area contributed by atoms with E-state index in [2.05, 4.69) is 42.4 Å². The second kappa shape index (κ2) is 5.72. The Morgan fingerprint density at radius 2 is 2.11 bits per heavy atom. The van der Waals surface area contributed by atoms with Crippen molar-refractivity contribution in [1.29, 1.82) is 0 Å². The van der Waals surface area contributed by atoms with E-state index in [-0.39, 0.29) is 6.10 Å². The molecule has 0 bridgehead atoms. The number of benzene rings is 1. The van der Waals surface area contributed by atoms with E-state index in [4.69, 9.17) is 0 Å². The SMILES string of the molecule is CCC(O)Cc1cc(C)c2ccc(SC)cc2n1. The van der Waals surface area contributed by atoms with Crippen molar-refractivity contribution in [2.45, 2.75) is 37.7 Å². The van der Waals surface area contributed by atoms with Crippen molar-refractivity contribution in [3.8, 4) is 0 Å². The fraction of sp³-hybridized carbons (Fsp3) is 0.400. The summed E-state index contributed by atoms with van der Waals surface area (Å²) >= 11 is 1.72. The summed E-state index contributed by atoms with van der Waals surface area (Å²) in [5.74, 6) is 0. The molecule has 1 atom stereocenters. The van der Waals surface area contributed by atoms with Crippen molar-refractivity contribution < 1.29 is 5.11 Å². The van der Waals surface area contributed by atoms with Gasteiger partial charge in [-0.3, -0.25) is 4.98 Å². The van der Waals surface area contributed by atoms with E-state index < -0.39 is 0 Å². The fourth-order valence-corrected chi connectivity index (χ4v) is 2.50. The minimum atomic E-state index is -0.293. The van der Waals surface area contributed by atoms with Gasteiger partial charge in [0.2, 0.25) is 0 Å². The molecule has 0 aliphatic carbocycles. The van der Waals surface area contributed by atoms with Crippen LogP contribution in [0.4, 0.5) is 0 Å². The maximum Gasteiger partial charge on any atom is 0.0719 e. The number of pyridine rings is 1. The minimum Gasteiger partial charge on any atom is -0.393 e. The first kappa shape index (κ1) is 13.4. The predicted molar refractivity (Wildman–Crippen MR) is 78.3 cm³/mol. The Labute approximate surface area is 112 Å². The molecule has 0 aliphatic heterocycles. The molecule has 1 aromatic carbocycles. The van der Waals surface area contributed by atoms with Gasteiger partial charge in [-0.05, 0) is 43.4 Å². The van der Waals surface area contributed by atoms with Gasteiger partial charge in [0, 0.05) is 22.4 Å². The molecular weight excluding hydrogens is 242 g/mol. The third-order valence-corrected chi connectivity index (χ3v) is 3.92. The number of nitrogens with zero attached hydrogens (tertiary/aromatic N) is 1. The van der Waals surface area contributed by atoms with Crippen molar-refractivity contribution in [2.24, 2.45) is 0 Å². The van der Waals surface area contributed by atoms with E-state index in [9.17, 15) is 5.11 Å². The second-order valence-electron chi connectivity index (χ2n) is 4.58. The van der Waals surface area contributed by atoms with Crippen LogP contribution in [0.15, 0.2) is 29.2 Å². The first-order chi connectivity index (χ1) is 8.63. The van der Waals surface area contributed by atoms with Gasteiger partial charge in [0.15, 0.2) is 0 Å². The van der Waals surface area contributed by atoms with Crippen LogP contribution in [0.5, 0.6) is 0 Å². The van der Waals surface area contributed by atoms with Crippen molar-refractivity contribution in [1.82, 2.24) is 4.98 Å². The Hall–Kier alpha value is -1.06. The molecular formula is C15H19NOS. The fourth-order valence-electron chi connectivity index (χ4n) is 2.07. The predicted octanol–water partition coefficient (Wildman–Crippen LogP) is 3.58. The molecule has 1 N–H and O–H groups in total. The highest BCUT2D eigenvalue weighted by Gasteiger charge is 2.07. The number of aromatic nitrogens is 1. The maximum atomic E-state index is 9.73. The molecule has 96 valence electrons. The quantitative estimate of drug-likeness (QED) is 0.854. The number of fused-ring (bicyclic) bond motifs is 1. The van der Waals surface area contributed by atoms with E-state index in [1.807, 2.05) is 6.92 Å². The molecule has 0 spiro atoms. The molecule has 18 heavy (non-hydrogen) atoms. The molecule has 2 aromatic rings. The summed E-state index contributed by atoms with van der Waals surface area (Å²) < 4.78 is 0. The number of hydrogen-bond acceptors (Lipinski definition) is 3. The van der Waals surface area contributed by atoms with E-state index in [1.165, 1.54) is 15.8 Å². The molecule has 2 nitrogen and oxygen atoms in total. The lowest BCUT2D eigenvalue weighted by atomic mass is 10.1. The molecule has 0 fully saturated rings. The third kappa shape index (κ3) is 2.85. The normalized spacial score (nSPS) is 12.9. The Morgan fingerprint density at radius 3 is 2.78 bits per heavy atom. The summed E-state index contributed by atoms with van der Waals surface area (Å²) in [6, 6.07) is 8.46. The number of aryl methyl sites for hydroxylation is 1. The van der Waals surface area contributed by atoms with Crippen LogP contribution >= 0.6 is 11.8 Å². The average Bonchev–Trinajstić information content (AvgIpc) is 2.37. The number of thioether (sulfide) groups is 1. The summed E-state index contributed by atoms with van der Waals surface area (Å²) in [6.07, 6.45) is 3.18. The third-order valence-electron chi connectivity index (χ3n) is 3.19. The molecule has 0 radical (unpaired) electrons. The number of hydrogen-bond donors (Lipinski definition) is 1. The van der Waals surface area contributed by atoms with Crippen LogP contribution in [-0.2, 0) is 6.42 Å². The van der Waals surface area contributed by atoms with Crippen molar-refractivity contribution >= 4 is 22.7 Å². The van der Waals surface area contributed by atoms with Crippen LogP contribution in [0.3, 0.4) is 0 Å². The van der Waals surface area contributed by atoms with Crippen LogP contribution in [-0.4, -0.2) is 22.5 Å². The van der Waals surface area contributed by atoms with Gasteiger partial charge in [-0.15, -0.1) is 11.8 Å². The highest BCUT2D eigenvalue weighted by atomic mass is 32.2. The second-order valence-corrected chi connectivity index (χ2v) is 5.46. The summed E-state index contributed by atoms with van der Waals surface area (Å²) in [6.45, 7) is 4.09. The lowest BCUT2D eigenvalue weighted by molar-refractivity contribution is 0.169. The van der Waals surface area contributed by atoms with Crippen LogP contribution in [0.2, 0.25) is 0 Å². The van der Waals surface area contributed by atoms with Gasteiger partial charge in [0.1, 0.15) is 0 Å². The van der Waals surface area contributed by atoms with Crippen LogP contribution in [0, 0.1) is 6.92 Å². The van der Waals surface area contributed by atoms with Gasteiger partial charge in [-0.25, -0.2) is 0 Å². The lowest BCUT2D eigenvalue weighted by Crippen LogP contribution is -2.10. The number of aliphatic hydroxyl groups excluding tert-OH is 1. The first-order valence-electron chi connectivity index (χ1n) is 6.26. The molecule has 0 aliphatic rings. The summed E-state index contributed by atoms with van der Waals surface area (Å²) in [5, 5.41) is 10.9. The topological polar surface area (TPSA) is 33.1 Å². The summed E-state index contributed by atoms with van der Waals surface area (Å²) in [4.78, 5) is 5.88. The first-order valence-corrected chi connectivity index (χ1v) is 7.49. The van der Waals surface area contributed by atoms with E-state index >= 15 is 0 Å². The van der Waals surface area contributed by atoms with Crippen LogP contribution in [0.1, 0.15) is 24.6 Å². The van der Waals surface area contributed by atoms with Crippen LogP contribution < -0.4 is 0 Å². The zero-order valence-corrected chi connectivity index (χ0v) is 11.9. The summed E-state index contributed by atoms with van der Waals surface area (Å²) in [5.41, 5.74) is 3.23. The Morgan fingerprint density at radius 1 is 1.33 bits per heavy atom. The van der Waals surface area contributed by atoms with Crippen molar-refractivity contribution in [3.05, 3.63) is 35.5 Å². The largest absolute Gasteiger partial charge is 0.393 e. The smallest absolute Gasteiger partial charge is 0.0719 e. The molecule has 2 rings (SSSR count). The number of rotatable bonds is 4. The molecule has 0 saturated heterocycles. The molecule has 1 unspecified atom stereocenters. The lowest BCUT2D eigenvalue weighted by Gasteiger charge is -2.10. The zero-order chi connectivity index (χ0) is 13.1. The standard InChI is InChI=1S/C15H19NOS/c1-4-12(17)8-11-7-10(2)14-6-5-13(18-3)9-15(14)16-11/h5-7,9,12,17H,4,8H2,1-3H3. The van der Waals surface area contributed by atoms with Crippen molar-refractivity contribution in [2.75, 3.05) is 6.26 Å².